The second-order valence-electron chi connectivity index (χ2n) is 3.47. The first kappa shape index (κ1) is 14.6. The molecule has 0 fully saturated rings. The van der Waals surface area contributed by atoms with Gasteiger partial charge in [-0.15, -0.1) is 0 Å². The summed E-state index contributed by atoms with van der Waals surface area (Å²) in [6.45, 7) is 2.11. The van der Waals surface area contributed by atoms with Crippen molar-refractivity contribution in [1.82, 2.24) is 0 Å². The van der Waals surface area contributed by atoms with Crippen LogP contribution in [0.25, 0.3) is 0 Å². The molecule has 0 saturated carbocycles. The van der Waals surface area contributed by atoms with E-state index in [0.29, 0.717) is 6.42 Å². The minimum atomic E-state index is -1.21. The SMILES string of the molecule is CCCCCC(=O)CC(OC)(OC)OC. The maximum absolute atomic E-state index is 11.6. The van der Waals surface area contributed by atoms with E-state index >= 15 is 0 Å². The molecular formula is C11H22O4. The van der Waals surface area contributed by atoms with Crippen LogP contribution >= 0.6 is 0 Å². The number of ketones is 1. The van der Waals surface area contributed by atoms with Gasteiger partial charge in [-0.2, -0.15) is 0 Å². The van der Waals surface area contributed by atoms with E-state index in [2.05, 4.69) is 6.92 Å². The largest absolute Gasteiger partial charge is 0.330 e. The zero-order chi connectivity index (χ0) is 11.7. The summed E-state index contributed by atoms with van der Waals surface area (Å²) >= 11 is 0. The number of ether oxygens (including phenoxy) is 3. The highest BCUT2D eigenvalue weighted by atomic mass is 16.9. The number of Topliss-reactive ketones (excluding diaryl/α,β-unsaturated/α-hetero) is 1. The summed E-state index contributed by atoms with van der Waals surface area (Å²) in [5.74, 6) is -1.10. The molecule has 0 aliphatic heterocycles. The van der Waals surface area contributed by atoms with E-state index in [1.165, 1.54) is 21.3 Å². The third-order valence-corrected chi connectivity index (χ3v) is 2.41. The minimum absolute atomic E-state index is 0.106. The lowest BCUT2D eigenvalue weighted by Gasteiger charge is -2.27. The first-order valence-electron chi connectivity index (χ1n) is 5.31. The molecule has 0 atom stereocenters. The van der Waals surface area contributed by atoms with E-state index in [-0.39, 0.29) is 12.2 Å². The van der Waals surface area contributed by atoms with Crippen molar-refractivity contribution in [2.45, 2.75) is 45.0 Å². The van der Waals surface area contributed by atoms with Gasteiger partial charge in [0, 0.05) is 27.8 Å². The molecule has 0 rings (SSSR count). The third kappa shape index (κ3) is 5.25. The number of hydrogen-bond donors (Lipinski definition) is 0. The molecule has 15 heavy (non-hydrogen) atoms. The molecule has 0 heterocycles. The highest BCUT2D eigenvalue weighted by Gasteiger charge is 2.32. The molecule has 0 N–H and O–H groups in total. The summed E-state index contributed by atoms with van der Waals surface area (Å²) in [7, 11) is 4.39. The van der Waals surface area contributed by atoms with Crippen molar-refractivity contribution < 1.29 is 19.0 Å². The molecule has 0 saturated heterocycles. The zero-order valence-electron chi connectivity index (χ0n) is 10.2. The Morgan fingerprint density at radius 2 is 1.60 bits per heavy atom. The van der Waals surface area contributed by atoms with Gasteiger partial charge in [0.15, 0.2) is 0 Å². The molecular weight excluding hydrogens is 196 g/mol. The van der Waals surface area contributed by atoms with Crippen molar-refractivity contribution in [2.75, 3.05) is 21.3 Å². The van der Waals surface area contributed by atoms with E-state index in [4.69, 9.17) is 14.2 Å². The zero-order valence-corrected chi connectivity index (χ0v) is 10.2. The number of carbonyl (C=O) groups excluding carboxylic acids is 1. The van der Waals surface area contributed by atoms with Crippen molar-refractivity contribution in [3.63, 3.8) is 0 Å². The van der Waals surface area contributed by atoms with Crippen molar-refractivity contribution in [3.8, 4) is 0 Å². The van der Waals surface area contributed by atoms with Crippen LogP contribution in [-0.2, 0) is 19.0 Å². The lowest BCUT2D eigenvalue weighted by molar-refractivity contribution is -0.350. The molecule has 0 bridgehead atoms. The lowest BCUT2D eigenvalue weighted by Crippen LogP contribution is -2.38. The van der Waals surface area contributed by atoms with Gasteiger partial charge in [-0.05, 0) is 6.42 Å². The Morgan fingerprint density at radius 1 is 1.07 bits per heavy atom. The van der Waals surface area contributed by atoms with Crippen LogP contribution in [0.5, 0.6) is 0 Å². The van der Waals surface area contributed by atoms with Crippen LogP contribution in [0.1, 0.15) is 39.0 Å². The van der Waals surface area contributed by atoms with Crippen molar-refractivity contribution in [2.24, 2.45) is 0 Å². The predicted octanol–water partition coefficient (Wildman–Crippen LogP) is 2.12. The average molecular weight is 218 g/mol. The summed E-state index contributed by atoms with van der Waals surface area (Å²) < 4.78 is 15.1. The maximum atomic E-state index is 11.6. The Hall–Kier alpha value is -0.450. The van der Waals surface area contributed by atoms with Crippen LogP contribution < -0.4 is 0 Å². The first-order chi connectivity index (χ1) is 7.14. The highest BCUT2D eigenvalue weighted by molar-refractivity contribution is 5.79. The van der Waals surface area contributed by atoms with Gasteiger partial charge in [-0.25, -0.2) is 0 Å². The second kappa shape index (κ2) is 7.79. The molecule has 0 aliphatic rings. The van der Waals surface area contributed by atoms with Crippen LogP contribution in [0.2, 0.25) is 0 Å². The monoisotopic (exact) mass is 218 g/mol. The molecule has 0 aromatic rings. The Balaban J connectivity index is 4.00. The summed E-state index contributed by atoms with van der Waals surface area (Å²) in [4.78, 5) is 11.6. The standard InChI is InChI=1S/C11H22O4/c1-5-6-7-8-10(12)9-11(13-2,14-3)15-4/h5-9H2,1-4H3. The van der Waals surface area contributed by atoms with Gasteiger partial charge >= 0.3 is 0 Å². The van der Waals surface area contributed by atoms with Crippen LogP contribution in [0.3, 0.4) is 0 Å². The normalized spacial score (nSPS) is 11.7. The molecule has 0 aliphatic carbocycles. The Morgan fingerprint density at radius 3 is 2.00 bits per heavy atom. The fourth-order valence-electron chi connectivity index (χ4n) is 1.37. The fourth-order valence-corrected chi connectivity index (χ4v) is 1.37. The Bertz CT molecular complexity index is 167. The number of hydrogen-bond acceptors (Lipinski definition) is 4. The van der Waals surface area contributed by atoms with Gasteiger partial charge < -0.3 is 14.2 Å². The minimum Gasteiger partial charge on any atom is -0.330 e. The van der Waals surface area contributed by atoms with Gasteiger partial charge in [0.25, 0.3) is 5.97 Å². The van der Waals surface area contributed by atoms with Crippen LogP contribution in [-0.4, -0.2) is 33.1 Å². The molecule has 0 unspecified atom stereocenters. The van der Waals surface area contributed by atoms with Gasteiger partial charge in [0.1, 0.15) is 5.78 Å². The molecule has 4 nitrogen and oxygen atoms in total. The van der Waals surface area contributed by atoms with Gasteiger partial charge in [-0.1, -0.05) is 19.8 Å². The van der Waals surface area contributed by atoms with Crippen LogP contribution in [0.4, 0.5) is 0 Å². The molecule has 0 radical (unpaired) electrons. The van der Waals surface area contributed by atoms with Gasteiger partial charge in [-0.3, -0.25) is 4.79 Å². The molecule has 0 aromatic carbocycles. The third-order valence-electron chi connectivity index (χ3n) is 2.41. The van der Waals surface area contributed by atoms with Crippen molar-refractivity contribution in [1.29, 1.82) is 0 Å². The molecule has 0 amide bonds. The predicted molar refractivity (Wildman–Crippen MR) is 57.5 cm³/mol. The Labute approximate surface area is 91.9 Å². The van der Waals surface area contributed by atoms with Gasteiger partial charge in [0.05, 0.1) is 6.42 Å². The van der Waals surface area contributed by atoms with E-state index < -0.39 is 5.97 Å². The number of unbranched alkanes of at least 4 members (excludes halogenated alkanes) is 2. The second-order valence-corrected chi connectivity index (χ2v) is 3.47. The van der Waals surface area contributed by atoms with E-state index in [9.17, 15) is 4.79 Å². The molecule has 90 valence electrons. The summed E-state index contributed by atoms with van der Waals surface area (Å²) in [5, 5.41) is 0. The first-order valence-corrected chi connectivity index (χ1v) is 5.31. The van der Waals surface area contributed by atoms with Gasteiger partial charge in [0.2, 0.25) is 0 Å². The number of rotatable bonds is 9. The number of carbonyl (C=O) groups is 1. The number of methoxy groups -OCH3 is 3. The van der Waals surface area contributed by atoms with E-state index in [0.717, 1.165) is 19.3 Å². The fraction of sp³-hybridized carbons (Fsp3) is 0.909. The average Bonchev–Trinajstić information content (AvgIpc) is 2.26. The van der Waals surface area contributed by atoms with Crippen molar-refractivity contribution in [3.05, 3.63) is 0 Å². The molecule has 4 heteroatoms. The maximum Gasteiger partial charge on any atom is 0.289 e. The lowest BCUT2D eigenvalue weighted by atomic mass is 10.1. The van der Waals surface area contributed by atoms with E-state index in [1.54, 1.807) is 0 Å². The summed E-state index contributed by atoms with van der Waals surface area (Å²) in [6, 6.07) is 0. The molecule has 0 aromatic heterocycles. The molecule has 0 spiro atoms. The van der Waals surface area contributed by atoms with E-state index in [1.807, 2.05) is 0 Å². The summed E-state index contributed by atoms with van der Waals surface area (Å²) in [5.41, 5.74) is 0. The topological polar surface area (TPSA) is 44.8 Å². The Kier molecular flexibility index (Phi) is 7.56. The van der Waals surface area contributed by atoms with Crippen molar-refractivity contribution >= 4 is 5.78 Å². The van der Waals surface area contributed by atoms with Crippen LogP contribution in [0, 0.1) is 0 Å². The quantitative estimate of drug-likeness (QED) is 0.439. The smallest absolute Gasteiger partial charge is 0.289 e. The van der Waals surface area contributed by atoms with Crippen LogP contribution in [0.15, 0.2) is 0 Å². The highest BCUT2D eigenvalue weighted by Crippen LogP contribution is 2.19. The summed E-state index contributed by atoms with van der Waals surface area (Å²) in [6.07, 6.45) is 3.80.